The molecule has 0 radical (unpaired) electrons. The van der Waals surface area contributed by atoms with Crippen LogP contribution in [-0.2, 0) is 0 Å². The van der Waals surface area contributed by atoms with E-state index in [2.05, 4.69) is 40.8 Å². The molecule has 0 unspecified atom stereocenters. The highest BCUT2D eigenvalue weighted by molar-refractivity contribution is 6.81. The average Bonchev–Trinajstić information content (AvgIpc) is 2.02. The van der Waals surface area contributed by atoms with Gasteiger partial charge in [-0.3, -0.25) is 0 Å². The maximum atomic E-state index is 10.2. The highest BCUT2D eigenvalue weighted by Gasteiger charge is 2.40. The van der Waals surface area contributed by atoms with E-state index in [0.29, 0.717) is 5.04 Å². The highest BCUT2D eigenvalue weighted by atomic mass is 28.3. The van der Waals surface area contributed by atoms with E-state index >= 15 is 0 Å². The van der Waals surface area contributed by atoms with E-state index in [4.69, 9.17) is 0 Å². The Hall–Kier alpha value is 0.177. The van der Waals surface area contributed by atoms with Gasteiger partial charge in [-0.25, -0.2) is 0 Å². The summed E-state index contributed by atoms with van der Waals surface area (Å²) in [5.41, 5.74) is -0.0333. The van der Waals surface area contributed by atoms with Crippen LogP contribution in [0.3, 0.4) is 0 Å². The predicted octanol–water partition coefficient (Wildman–Crippen LogP) is 3.98. The predicted molar refractivity (Wildman–Crippen MR) is 67.3 cm³/mol. The fourth-order valence-corrected chi connectivity index (χ4v) is 3.37. The van der Waals surface area contributed by atoms with E-state index in [1.54, 1.807) is 0 Å². The molecule has 2 heteroatoms. The maximum absolute atomic E-state index is 10.2. The summed E-state index contributed by atoms with van der Waals surface area (Å²) >= 11 is 0. The lowest BCUT2D eigenvalue weighted by atomic mass is 10.2. The largest absolute Gasteiger partial charge is 0.397 e. The Balaban J connectivity index is 4.15. The minimum atomic E-state index is -1.50. The van der Waals surface area contributed by atoms with Crippen LogP contribution in [0.4, 0.5) is 0 Å². The zero-order valence-corrected chi connectivity index (χ0v) is 11.9. The fraction of sp³-hybridized carbons (Fsp3) is 1.00. The van der Waals surface area contributed by atoms with Crippen molar-refractivity contribution in [1.29, 1.82) is 0 Å². The Kier molecular flexibility index (Phi) is 5.38. The number of hydrogen-bond donors (Lipinski definition) is 1. The van der Waals surface area contributed by atoms with Crippen molar-refractivity contribution >= 4 is 8.07 Å². The summed E-state index contributed by atoms with van der Waals surface area (Å²) in [6.45, 7) is 13.6. The van der Waals surface area contributed by atoms with Gasteiger partial charge in [0.25, 0.3) is 0 Å². The van der Waals surface area contributed by atoms with Gasteiger partial charge in [-0.1, -0.05) is 60.1 Å². The van der Waals surface area contributed by atoms with Crippen molar-refractivity contribution < 1.29 is 5.11 Å². The monoisotopic (exact) mass is 216 g/mol. The van der Waals surface area contributed by atoms with E-state index < -0.39 is 8.07 Å². The Bertz CT molecular complexity index is 158. The molecule has 0 aromatic rings. The summed E-state index contributed by atoms with van der Waals surface area (Å²) < 4.78 is 0. The van der Waals surface area contributed by atoms with Gasteiger partial charge in [0.2, 0.25) is 0 Å². The summed E-state index contributed by atoms with van der Waals surface area (Å²) in [6, 6.07) is 0. The zero-order valence-electron chi connectivity index (χ0n) is 10.9. The molecule has 1 atom stereocenters. The molecule has 0 bridgehead atoms. The topological polar surface area (TPSA) is 20.2 Å². The highest BCUT2D eigenvalue weighted by Crippen LogP contribution is 2.39. The lowest BCUT2D eigenvalue weighted by molar-refractivity contribution is 0.222. The third-order valence-corrected chi connectivity index (χ3v) is 9.67. The van der Waals surface area contributed by atoms with Crippen molar-refractivity contribution in [1.82, 2.24) is 0 Å². The van der Waals surface area contributed by atoms with Crippen molar-refractivity contribution in [2.24, 2.45) is 0 Å². The molecule has 0 aromatic heterocycles. The summed E-state index contributed by atoms with van der Waals surface area (Å²) in [7, 11) is -1.50. The molecular formula is C12H28OSi. The first-order chi connectivity index (χ1) is 6.23. The Morgan fingerprint density at radius 2 is 1.64 bits per heavy atom. The zero-order chi connectivity index (χ0) is 11.4. The summed E-state index contributed by atoms with van der Waals surface area (Å²) in [5, 5.41) is 10.5. The summed E-state index contributed by atoms with van der Waals surface area (Å²) in [4.78, 5) is 0. The first kappa shape index (κ1) is 14.2. The van der Waals surface area contributed by atoms with Crippen LogP contribution in [0.15, 0.2) is 0 Å². The first-order valence-corrected chi connectivity index (χ1v) is 8.99. The van der Waals surface area contributed by atoms with Crippen LogP contribution in [-0.4, -0.2) is 18.9 Å². The van der Waals surface area contributed by atoms with E-state index in [9.17, 15) is 5.11 Å². The maximum Gasteiger partial charge on any atom is 0.0864 e. The smallest absolute Gasteiger partial charge is 0.0864 e. The van der Waals surface area contributed by atoms with E-state index in [1.165, 1.54) is 19.3 Å². The second-order valence-corrected chi connectivity index (χ2v) is 11.6. The van der Waals surface area contributed by atoms with Crippen LogP contribution in [0.5, 0.6) is 0 Å². The van der Waals surface area contributed by atoms with Gasteiger partial charge in [0.15, 0.2) is 0 Å². The van der Waals surface area contributed by atoms with Crippen molar-refractivity contribution in [3.05, 3.63) is 0 Å². The lowest BCUT2D eigenvalue weighted by Gasteiger charge is -2.40. The van der Waals surface area contributed by atoms with Gasteiger partial charge in [0.1, 0.15) is 0 Å². The van der Waals surface area contributed by atoms with Crippen LogP contribution in [0.2, 0.25) is 18.1 Å². The van der Waals surface area contributed by atoms with Gasteiger partial charge in [-0.05, 0) is 11.5 Å². The SMILES string of the molecule is CCCCC[C@H](O)[Si](C)(C)C(C)(C)C. The molecule has 0 fully saturated rings. The standard InChI is InChI=1S/C12H28OSi/c1-7-8-9-10-11(13)14(5,6)12(2,3)4/h11,13H,7-10H2,1-6H3/t11-/m1/s1. The number of unbranched alkanes of at least 4 members (excludes halogenated alkanes) is 2. The Morgan fingerprint density at radius 3 is 2.00 bits per heavy atom. The third kappa shape index (κ3) is 3.74. The Labute approximate surface area is 90.9 Å². The van der Waals surface area contributed by atoms with Crippen LogP contribution in [0.25, 0.3) is 0 Å². The van der Waals surface area contributed by atoms with Crippen LogP contribution < -0.4 is 0 Å². The summed E-state index contributed by atoms with van der Waals surface area (Å²) in [5.74, 6) is 0. The van der Waals surface area contributed by atoms with Gasteiger partial charge < -0.3 is 5.11 Å². The van der Waals surface area contributed by atoms with Gasteiger partial charge >= 0.3 is 0 Å². The van der Waals surface area contributed by atoms with E-state index in [1.807, 2.05) is 0 Å². The van der Waals surface area contributed by atoms with Crippen molar-refractivity contribution in [2.45, 2.75) is 77.2 Å². The molecule has 0 saturated heterocycles. The molecule has 0 rings (SSSR count). The molecule has 0 spiro atoms. The average molecular weight is 216 g/mol. The molecule has 0 aliphatic rings. The molecule has 1 nitrogen and oxygen atoms in total. The van der Waals surface area contributed by atoms with Gasteiger partial charge in [0.05, 0.1) is 8.07 Å². The summed E-state index contributed by atoms with van der Waals surface area (Å²) in [6.07, 6.45) is 4.68. The number of aliphatic hydroxyl groups excluding tert-OH is 1. The van der Waals surface area contributed by atoms with Crippen molar-refractivity contribution in [3.63, 3.8) is 0 Å². The molecule has 0 aliphatic heterocycles. The first-order valence-electron chi connectivity index (χ1n) is 5.91. The molecule has 86 valence electrons. The second-order valence-electron chi connectivity index (χ2n) is 5.98. The van der Waals surface area contributed by atoms with Crippen molar-refractivity contribution in [3.8, 4) is 0 Å². The number of rotatable bonds is 5. The normalized spacial score (nSPS) is 15.6. The Morgan fingerprint density at radius 1 is 1.14 bits per heavy atom. The van der Waals surface area contributed by atoms with Gasteiger partial charge in [0, 0.05) is 5.73 Å². The molecule has 14 heavy (non-hydrogen) atoms. The van der Waals surface area contributed by atoms with Gasteiger partial charge in [-0.2, -0.15) is 0 Å². The molecular weight excluding hydrogens is 188 g/mol. The molecule has 0 aromatic carbocycles. The fourth-order valence-electron chi connectivity index (χ4n) is 1.45. The van der Waals surface area contributed by atoms with Crippen LogP contribution in [0.1, 0.15) is 53.4 Å². The van der Waals surface area contributed by atoms with Gasteiger partial charge in [-0.15, -0.1) is 0 Å². The van der Waals surface area contributed by atoms with E-state index in [0.717, 1.165) is 6.42 Å². The lowest BCUT2D eigenvalue weighted by Crippen LogP contribution is -2.49. The molecule has 0 amide bonds. The number of aliphatic hydroxyl groups is 1. The minimum Gasteiger partial charge on any atom is -0.397 e. The van der Waals surface area contributed by atoms with E-state index in [-0.39, 0.29) is 5.73 Å². The van der Waals surface area contributed by atoms with Crippen molar-refractivity contribution in [2.75, 3.05) is 0 Å². The number of hydrogen-bond acceptors (Lipinski definition) is 1. The molecule has 0 aliphatic carbocycles. The molecule has 0 heterocycles. The minimum absolute atomic E-state index is 0.0333. The molecule has 1 N–H and O–H groups in total. The van der Waals surface area contributed by atoms with Crippen LogP contribution in [0, 0.1) is 0 Å². The molecule has 0 saturated carbocycles. The quantitative estimate of drug-likeness (QED) is 0.544. The second kappa shape index (κ2) is 5.31. The third-order valence-electron chi connectivity index (χ3n) is 3.85. The van der Waals surface area contributed by atoms with Crippen LogP contribution >= 0.6 is 0 Å².